The zero-order valence-corrected chi connectivity index (χ0v) is 13.3. The molecule has 0 unspecified atom stereocenters. The van der Waals surface area contributed by atoms with Crippen molar-refractivity contribution >= 4 is 28.8 Å². The normalized spacial score (nSPS) is 11.8. The van der Waals surface area contributed by atoms with Crippen molar-refractivity contribution in [2.75, 3.05) is 10.7 Å². The molecular weight excluding hydrogens is 329 g/mol. The first-order valence-electron chi connectivity index (χ1n) is 7.20. The molecule has 4 rings (SSSR count). The number of hydrogen-bond acceptors (Lipinski definition) is 4. The Balaban J connectivity index is 1.90. The maximum Gasteiger partial charge on any atom is 0.160 e. The van der Waals surface area contributed by atoms with Gasteiger partial charge in [-0.3, -0.25) is 5.43 Å². The van der Waals surface area contributed by atoms with Gasteiger partial charge >= 0.3 is 0 Å². The first kappa shape index (κ1) is 14.5. The van der Waals surface area contributed by atoms with Crippen LogP contribution in [-0.2, 0) is 0 Å². The zero-order chi connectivity index (χ0) is 16.8. The first-order chi connectivity index (χ1) is 11.6. The Morgan fingerprint density at radius 2 is 2.12 bits per heavy atom. The molecule has 3 aromatic rings. The van der Waals surface area contributed by atoms with Crippen molar-refractivity contribution < 1.29 is 4.39 Å². The van der Waals surface area contributed by atoms with Crippen LogP contribution in [0.1, 0.15) is 11.3 Å². The van der Waals surface area contributed by atoms with Crippen molar-refractivity contribution in [3.63, 3.8) is 0 Å². The predicted molar refractivity (Wildman–Crippen MR) is 90.8 cm³/mol. The Morgan fingerprint density at radius 3 is 2.88 bits per heavy atom. The molecule has 1 aliphatic heterocycles. The van der Waals surface area contributed by atoms with Gasteiger partial charge in [-0.05, 0) is 37.3 Å². The van der Waals surface area contributed by atoms with E-state index in [1.807, 2.05) is 13.0 Å². The summed E-state index contributed by atoms with van der Waals surface area (Å²) < 4.78 is 13.4. The Bertz CT molecular complexity index is 1020. The number of nitriles is 1. The van der Waals surface area contributed by atoms with Gasteiger partial charge in [-0.25, -0.2) is 4.39 Å². The van der Waals surface area contributed by atoms with Crippen molar-refractivity contribution in [2.24, 2.45) is 0 Å². The van der Waals surface area contributed by atoms with Gasteiger partial charge in [0.05, 0.1) is 33.2 Å². The number of fused-ring (bicyclic) bond motifs is 2. The SMILES string of the molecule is Cc1nn2c(c1-c1ccc(F)cc1Cl)Nc1c(C#N)cccc1N2. The molecule has 0 fully saturated rings. The summed E-state index contributed by atoms with van der Waals surface area (Å²) >= 11 is 6.22. The fourth-order valence-electron chi connectivity index (χ4n) is 2.84. The van der Waals surface area contributed by atoms with Crippen LogP contribution < -0.4 is 10.7 Å². The standard InChI is InChI=1S/C17H11ClFN5/c1-9-15(12-6-5-11(19)7-13(12)18)17-21-16-10(8-20)3-2-4-14(16)23-24(17)22-9/h2-7,21,23H,1H3. The van der Waals surface area contributed by atoms with Gasteiger partial charge < -0.3 is 5.32 Å². The lowest BCUT2D eigenvalue weighted by atomic mass is 10.0. The van der Waals surface area contributed by atoms with Gasteiger partial charge in [0, 0.05) is 5.56 Å². The lowest BCUT2D eigenvalue weighted by Gasteiger charge is -2.23. The fraction of sp³-hybridized carbons (Fsp3) is 0.0588. The summed E-state index contributed by atoms with van der Waals surface area (Å²) in [5.41, 5.74) is 7.24. The molecule has 0 aliphatic carbocycles. The van der Waals surface area contributed by atoms with Crippen LogP contribution in [0.15, 0.2) is 36.4 Å². The molecule has 24 heavy (non-hydrogen) atoms. The smallest absolute Gasteiger partial charge is 0.160 e. The van der Waals surface area contributed by atoms with Gasteiger partial charge in [-0.2, -0.15) is 15.2 Å². The second-order valence-corrected chi connectivity index (χ2v) is 5.83. The van der Waals surface area contributed by atoms with Crippen LogP contribution in [0.4, 0.5) is 21.6 Å². The minimum absolute atomic E-state index is 0.301. The summed E-state index contributed by atoms with van der Waals surface area (Å²) in [7, 11) is 0. The molecular formula is C17H11ClFN5. The van der Waals surface area contributed by atoms with E-state index >= 15 is 0 Å². The van der Waals surface area contributed by atoms with Gasteiger partial charge in [0.1, 0.15) is 11.9 Å². The molecule has 0 saturated heterocycles. The van der Waals surface area contributed by atoms with Gasteiger partial charge in [-0.15, -0.1) is 0 Å². The topological polar surface area (TPSA) is 65.7 Å². The lowest BCUT2D eigenvalue weighted by Crippen LogP contribution is -2.20. The van der Waals surface area contributed by atoms with E-state index in [1.54, 1.807) is 23.0 Å². The van der Waals surface area contributed by atoms with E-state index in [0.29, 0.717) is 27.7 Å². The molecule has 0 spiro atoms. The van der Waals surface area contributed by atoms with Gasteiger partial charge in [0.25, 0.3) is 0 Å². The number of aryl methyl sites for hydroxylation is 1. The van der Waals surface area contributed by atoms with Gasteiger partial charge in [-0.1, -0.05) is 17.7 Å². The highest BCUT2D eigenvalue weighted by atomic mass is 35.5. The minimum atomic E-state index is -0.398. The number of aromatic nitrogens is 2. The van der Waals surface area contributed by atoms with Crippen LogP contribution in [0, 0.1) is 24.1 Å². The van der Waals surface area contributed by atoms with E-state index in [-0.39, 0.29) is 0 Å². The van der Waals surface area contributed by atoms with Crippen LogP contribution in [-0.4, -0.2) is 9.89 Å². The van der Waals surface area contributed by atoms with Crippen molar-refractivity contribution in [1.29, 1.82) is 5.26 Å². The molecule has 2 aromatic carbocycles. The summed E-state index contributed by atoms with van der Waals surface area (Å²) in [5.74, 6) is 0.252. The molecule has 0 saturated carbocycles. The molecule has 0 amide bonds. The van der Waals surface area contributed by atoms with Crippen molar-refractivity contribution in [3.8, 4) is 17.2 Å². The highest BCUT2D eigenvalue weighted by molar-refractivity contribution is 6.33. The number of nitrogens with one attached hydrogen (secondary N) is 2. The Hall–Kier alpha value is -3.04. The second-order valence-electron chi connectivity index (χ2n) is 5.42. The molecule has 2 N–H and O–H groups in total. The fourth-order valence-corrected chi connectivity index (χ4v) is 3.11. The monoisotopic (exact) mass is 339 g/mol. The average molecular weight is 340 g/mol. The first-order valence-corrected chi connectivity index (χ1v) is 7.58. The van der Waals surface area contributed by atoms with Crippen molar-refractivity contribution in [3.05, 3.63) is 58.5 Å². The molecule has 2 heterocycles. The highest BCUT2D eigenvalue weighted by Gasteiger charge is 2.25. The molecule has 0 radical (unpaired) electrons. The Labute approximate surface area is 142 Å². The summed E-state index contributed by atoms with van der Waals surface area (Å²) in [6, 6.07) is 11.8. The predicted octanol–water partition coefficient (Wildman–Crippen LogP) is 4.45. The third kappa shape index (κ3) is 2.10. The number of benzene rings is 2. The highest BCUT2D eigenvalue weighted by Crippen LogP contribution is 2.41. The van der Waals surface area contributed by atoms with Crippen LogP contribution in [0.2, 0.25) is 5.02 Å². The van der Waals surface area contributed by atoms with E-state index < -0.39 is 5.82 Å². The number of hydrogen-bond donors (Lipinski definition) is 2. The lowest BCUT2D eigenvalue weighted by molar-refractivity contribution is 0.628. The number of rotatable bonds is 1. The van der Waals surface area contributed by atoms with Crippen molar-refractivity contribution in [2.45, 2.75) is 6.92 Å². The summed E-state index contributed by atoms with van der Waals surface area (Å²) in [6.45, 7) is 1.85. The molecule has 7 heteroatoms. The number of para-hydroxylation sites is 1. The largest absolute Gasteiger partial charge is 0.335 e. The van der Waals surface area contributed by atoms with E-state index in [4.69, 9.17) is 11.6 Å². The zero-order valence-electron chi connectivity index (χ0n) is 12.6. The Morgan fingerprint density at radius 1 is 1.29 bits per heavy atom. The quantitative estimate of drug-likeness (QED) is 0.537. The van der Waals surface area contributed by atoms with Crippen LogP contribution in [0.25, 0.3) is 11.1 Å². The average Bonchev–Trinajstić information content (AvgIpc) is 2.87. The van der Waals surface area contributed by atoms with E-state index in [0.717, 1.165) is 16.9 Å². The van der Waals surface area contributed by atoms with Crippen LogP contribution in [0.3, 0.4) is 0 Å². The minimum Gasteiger partial charge on any atom is -0.335 e. The van der Waals surface area contributed by atoms with Crippen LogP contribution in [0.5, 0.6) is 0 Å². The molecule has 0 atom stereocenters. The molecule has 1 aromatic heterocycles. The van der Waals surface area contributed by atoms with Gasteiger partial charge in [0.15, 0.2) is 5.82 Å². The number of halogens is 2. The summed E-state index contributed by atoms with van der Waals surface area (Å²) in [4.78, 5) is 1.59. The van der Waals surface area contributed by atoms with E-state index in [2.05, 4.69) is 21.9 Å². The third-order valence-electron chi connectivity index (χ3n) is 3.92. The van der Waals surface area contributed by atoms with Crippen LogP contribution >= 0.6 is 11.6 Å². The van der Waals surface area contributed by atoms with Crippen molar-refractivity contribution in [1.82, 2.24) is 9.89 Å². The molecule has 0 bridgehead atoms. The van der Waals surface area contributed by atoms with E-state index in [1.165, 1.54) is 12.1 Å². The molecule has 1 aliphatic rings. The molecule has 5 nitrogen and oxygen atoms in total. The summed E-state index contributed by atoms with van der Waals surface area (Å²) in [5, 5.41) is 17.3. The van der Waals surface area contributed by atoms with E-state index in [9.17, 15) is 9.65 Å². The van der Waals surface area contributed by atoms with Gasteiger partial charge in [0.2, 0.25) is 0 Å². The second kappa shape index (κ2) is 5.25. The number of nitrogens with zero attached hydrogens (tertiary/aromatic N) is 3. The maximum atomic E-state index is 13.4. The number of anilines is 3. The molecule has 118 valence electrons. The maximum absolute atomic E-state index is 13.4. The summed E-state index contributed by atoms with van der Waals surface area (Å²) in [6.07, 6.45) is 0. The third-order valence-corrected chi connectivity index (χ3v) is 4.23. The Kier molecular flexibility index (Phi) is 3.18.